The monoisotopic (exact) mass is 309 g/mol. The van der Waals surface area contributed by atoms with E-state index in [2.05, 4.69) is 17.3 Å². The van der Waals surface area contributed by atoms with Gasteiger partial charge in [-0.25, -0.2) is 0 Å². The molecule has 0 aromatic rings. The summed E-state index contributed by atoms with van der Waals surface area (Å²) in [5.74, 6) is 1.18. The minimum Gasteiger partial charge on any atom is -0.381 e. The molecule has 4 aliphatic heterocycles. The molecule has 1 spiro atoms. The van der Waals surface area contributed by atoms with Crippen molar-refractivity contribution >= 4 is 16.9 Å². The first kappa shape index (κ1) is 14.3. The third kappa shape index (κ3) is 2.84. The maximum absolute atomic E-state index is 5.51. The molecule has 4 aliphatic rings. The van der Waals surface area contributed by atoms with E-state index in [0.29, 0.717) is 6.04 Å². The van der Waals surface area contributed by atoms with E-state index in [-0.39, 0.29) is 5.54 Å². The van der Waals surface area contributed by atoms with Crippen molar-refractivity contribution in [3.8, 4) is 0 Å². The average molecular weight is 309 g/mol. The molecule has 2 atom stereocenters. The van der Waals surface area contributed by atoms with Crippen LogP contribution in [0.25, 0.3) is 0 Å². The summed E-state index contributed by atoms with van der Waals surface area (Å²) in [6.45, 7) is 1.80. The summed E-state index contributed by atoms with van der Waals surface area (Å²) in [6, 6.07) is 2.09. The van der Waals surface area contributed by atoms with Crippen LogP contribution >= 0.6 is 11.8 Å². The summed E-state index contributed by atoms with van der Waals surface area (Å²) in [7, 11) is 2.32. The van der Waals surface area contributed by atoms with Crippen LogP contribution in [0.4, 0.5) is 0 Å². The van der Waals surface area contributed by atoms with Crippen LogP contribution in [0.1, 0.15) is 44.9 Å². The van der Waals surface area contributed by atoms with E-state index < -0.39 is 0 Å². The molecule has 5 heteroatoms. The number of piperidine rings is 2. The van der Waals surface area contributed by atoms with Crippen LogP contribution in [0.5, 0.6) is 0 Å². The van der Waals surface area contributed by atoms with E-state index >= 15 is 0 Å². The molecule has 2 unspecified atom stereocenters. The lowest BCUT2D eigenvalue weighted by molar-refractivity contribution is 0.0543. The number of aliphatic imine (C=N–C) groups is 1. The van der Waals surface area contributed by atoms with E-state index in [9.17, 15) is 0 Å². The molecule has 4 saturated heterocycles. The van der Waals surface area contributed by atoms with Crippen LogP contribution in [0.3, 0.4) is 0 Å². The SMILES string of the molecule is CN1C2CCCC1CC(N=C1NC3(CCOCC3)CS1)C2. The average Bonchev–Trinajstić information content (AvgIpc) is 2.83. The highest BCUT2D eigenvalue weighted by atomic mass is 32.2. The third-order valence-electron chi connectivity index (χ3n) is 5.92. The van der Waals surface area contributed by atoms with E-state index in [0.717, 1.165) is 38.1 Å². The Labute approximate surface area is 132 Å². The zero-order valence-electron chi connectivity index (χ0n) is 13.0. The molecule has 118 valence electrons. The molecule has 4 nitrogen and oxygen atoms in total. The molecule has 0 aromatic heterocycles. The second kappa shape index (κ2) is 5.74. The highest BCUT2D eigenvalue weighted by Crippen LogP contribution is 2.36. The lowest BCUT2D eigenvalue weighted by Gasteiger charge is -2.46. The van der Waals surface area contributed by atoms with Crippen LogP contribution in [0, 0.1) is 0 Å². The Balaban J connectivity index is 1.41. The minimum atomic E-state index is 0.281. The molecule has 4 fully saturated rings. The zero-order chi connectivity index (χ0) is 14.3. The van der Waals surface area contributed by atoms with Crippen LogP contribution in [-0.4, -0.2) is 59.7 Å². The molecule has 2 bridgehead atoms. The topological polar surface area (TPSA) is 36.9 Å². The molecule has 4 rings (SSSR count). The molecule has 21 heavy (non-hydrogen) atoms. The first-order chi connectivity index (χ1) is 10.2. The number of thioether (sulfide) groups is 1. The third-order valence-corrected chi connectivity index (χ3v) is 7.10. The maximum Gasteiger partial charge on any atom is 0.157 e. The second-order valence-corrected chi connectivity index (χ2v) is 8.23. The maximum atomic E-state index is 5.51. The standard InChI is InChI=1S/C16H27N3OS/c1-19-13-3-2-4-14(19)10-12(9-13)17-15-18-16(11-21-15)5-7-20-8-6-16/h12-14H,2-11H2,1H3,(H,17,18). The fraction of sp³-hybridized carbons (Fsp3) is 0.938. The van der Waals surface area contributed by atoms with E-state index in [1.165, 1.54) is 43.0 Å². The van der Waals surface area contributed by atoms with Gasteiger partial charge in [-0.3, -0.25) is 4.99 Å². The van der Waals surface area contributed by atoms with Gasteiger partial charge in [0, 0.05) is 31.1 Å². The summed E-state index contributed by atoms with van der Waals surface area (Å²) in [4.78, 5) is 7.72. The summed E-state index contributed by atoms with van der Waals surface area (Å²) in [5.41, 5.74) is 0.281. The highest BCUT2D eigenvalue weighted by Gasteiger charge is 2.40. The first-order valence-corrected chi connectivity index (χ1v) is 9.51. The van der Waals surface area contributed by atoms with Gasteiger partial charge < -0.3 is 15.0 Å². The van der Waals surface area contributed by atoms with E-state index in [4.69, 9.17) is 9.73 Å². The number of hydrogen-bond acceptors (Lipinski definition) is 4. The van der Waals surface area contributed by atoms with Gasteiger partial charge in [-0.05, 0) is 45.6 Å². The molecule has 4 heterocycles. The van der Waals surface area contributed by atoms with Crippen molar-refractivity contribution in [2.45, 2.75) is 68.6 Å². The molecular weight excluding hydrogens is 282 g/mol. The number of fused-ring (bicyclic) bond motifs is 2. The van der Waals surface area contributed by atoms with Crippen molar-refractivity contribution < 1.29 is 4.74 Å². The van der Waals surface area contributed by atoms with Crippen molar-refractivity contribution in [2.24, 2.45) is 4.99 Å². The number of nitrogens with one attached hydrogen (secondary N) is 1. The van der Waals surface area contributed by atoms with E-state index in [1.54, 1.807) is 0 Å². The van der Waals surface area contributed by atoms with Crippen molar-refractivity contribution in [2.75, 3.05) is 26.0 Å². The van der Waals surface area contributed by atoms with E-state index in [1.807, 2.05) is 11.8 Å². The summed E-state index contributed by atoms with van der Waals surface area (Å²) < 4.78 is 5.51. The molecule has 0 saturated carbocycles. The predicted molar refractivity (Wildman–Crippen MR) is 88.0 cm³/mol. The fourth-order valence-electron chi connectivity index (χ4n) is 4.46. The molecule has 0 aromatic carbocycles. The summed E-state index contributed by atoms with van der Waals surface area (Å²) >= 11 is 1.94. The molecule has 0 amide bonds. The van der Waals surface area contributed by atoms with Crippen molar-refractivity contribution in [3.05, 3.63) is 0 Å². The molecule has 0 aliphatic carbocycles. The van der Waals surface area contributed by atoms with Gasteiger partial charge in [0.1, 0.15) is 0 Å². The highest BCUT2D eigenvalue weighted by molar-refractivity contribution is 8.14. The number of ether oxygens (including phenoxy) is 1. The molecule has 1 N–H and O–H groups in total. The van der Waals surface area contributed by atoms with Gasteiger partial charge >= 0.3 is 0 Å². The van der Waals surface area contributed by atoms with Crippen LogP contribution < -0.4 is 5.32 Å². The van der Waals surface area contributed by atoms with Crippen LogP contribution in [0.15, 0.2) is 4.99 Å². The Morgan fingerprint density at radius 2 is 1.95 bits per heavy atom. The largest absolute Gasteiger partial charge is 0.381 e. The normalized spacial score (nSPS) is 41.4. The first-order valence-electron chi connectivity index (χ1n) is 8.53. The van der Waals surface area contributed by atoms with Crippen molar-refractivity contribution in [1.82, 2.24) is 10.2 Å². The fourth-order valence-corrected chi connectivity index (χ4v) is 5.75. The van der Waals surface area contributed by atoms with Gasteiger partial charge in [-0.2, -0.15) is 0 Å². The Morgan fingerprint density at radius 1 is 1.24 bits per heavy atom. The van der Waals surface area contributed by atoms with Crippen molar-refractivity contribution in [3.63, 3.8) is 0 Å². The van der Waals surface area contributed by atoms with Gasteiger partial charge in [-0.1, -0.05) is 18.2 Å². The van der Waals surface area contributed by atoms with Gasteiger partial charge in [0.25, 0.3) is 0 Å². The zero-order valence-corrected chi connectivity index (χ0v) is 13.8. The Kier molecular flexibility index (Phi) is 3.92. The van der Waals surface area contributed by atoms with Crippen LogP contribution in [-0.2, 0) is 4.74 Å². The lowest BCUT2D eigenvalue weighted by atomic mass is 9.82. The number of hydrogen-bond donors (Lipinski definition) is 1. The molecule has 0 radical (unpaired) electrons. The smallest absolute Gasteiger partial charge is 0.157 e. The minimum absolute atomic E-state index is 0.281. The molecular formula is C16H27N3OS. The lowest BCUT2D eigenvalue weighted by Crippen LogP contribution is -2.51. The number of nitrogens with zero attached hydrogens (tertiary/aromatic N) is 2. The van der Waals surface area contributed by atoms with Crippen molar-refractivity contribution in [1.29, 1.82) is 0 Å². The Morgan fingerprint density at radius 3 is 2.67 bits per heavy atom. The Bertz CT molecular complexity index is 408. The summed E-state index contributed by atoms with van der Waals surface area (Å²) in [5, 5.41) is 4.96. The Hall–Kier alpha value is -0.260. The number of amidine groups is 1. The summed E-state index contributed by atoms with van der Waals surface area (Å²) in [6.07, 6.45) is 8.95. The van der Waals surface area contributed by atoms with Crippen LogP contribution in [0.2, 0.25) is 0 Å². The van der Waals surface area contributed by atoms with Gasteiger partial charge in [-0.15, -0.1) is 0 Å². The second-order valence-electron chi connectivity index (χ2n) is 7.27. The quantitative estimate of drug-likeness (QED) is 0.806. The van der Waals surface area contributed by atoms with Gasteiger partial charge in [0.2, 0.25) is 0 Å². The number of rotatable bonds is 1. The van der Waals surface area contributed by atoms with Gasteiger partial charge in [0.15, 0.2) is 5.17 Å². The predicted octanol–water partition coefficient (Wildman–Crippen LogP) is 2.24. The van der Waals surface area contributed by atoms with Gasteiger partial charge in [0.05, 0.1) is 11.6 Å².